The molecule has 108 valence electrons. The van der Waals surface area contributed by atoms with Crippen molar-refractivity contribution in [2.75, 3.05) is 20.2 Å². The van der Waals surface area contributed by atoms with Crippen LogP contribution in [0.1, 0.15) is 29.6 Å². The second kappa shape index (κ2) is 6.52. The van der Waals surface area contributed by atoms with E-state index in [4.69, 9.17) is 10.5 Å². The molecule has 1 aliphatic rings. The Morgan fingerprint density at radius 1 is 1.30 bits per heavy atom. The first-order chi connectivity index (χ1) is 9.60. The summed E-state index contributed by atoms with van der Waals surface area (Å²) in [5, 5.41) is 0. The van der Waals surface area contributed by atoms with Crippen LogP contribution in [0.4, 0.5) is 0 Å². The molecule has 1 atom stereocenters. The molecule has 1 heterocycles. The molecule has 0 spiro atoms. The summed E-state index contributed by atoms with van der Waals surface area (Å²) in [6.07, 6.45) is 1.33. The number of ether oxygens (including phenoxy) is 1. The van der Waals surface area contributed by atoms with Crippen molar-refractivity contribution in [2.45, 2.75) is 25.3 Å². The smallest absolute Gasteiger partial charge is 0.223 e. The number of hydrogen-bond donors (Lipinski definition) is 1. The summed E-state index contributed by atoms with van der Waals surface area (Å²) in [6, 6.07) is 7.01. The molecule has 0 saturated carbocycles. The number of carbonyl (C=O) groups is 2. The number of methoxy groups -OCH3 is 1. The number of nitrogens with zero attached hydrogens (tertiary/aromatic N) is 1. The van der Waals surface area contributed by atoms with Gasteiger partial charge in [0.1, 0.15) is 5.75 Å². The van der Waals surface area contributed by atoms with Crippen LogP contribution in [0.25, 0.3) is 0 Å². The Morgan fingerprint density at radius 2 is 2.00 bits per heavy atom. The van der Waals surface area contributed by atoms with Crippen LogP contribution in [0, 0.1) is 0 Å². The minimum absolute atomic E-state index is 0.0137. The molecule has 0 radical (unpaired) electrons. The molecule has 0 unspecified atom stereocenters. The molecule has 1 aromatic rings. The van der Waals surface area contributed by atoms with Gasteiger partial charge in [0, 0.05) is 37.5 Å². The largest absolute Gasteiger partial charge is 0.497 e. The zero-order valence-corrected chi connectivity index (χ0v) is 11.7. The van der Waals surface area contributed by atoms with Crippen LogP contribution < -0.4 is 10.5 Å². The summed E-state index contributed by atoms with van der Waals surface area (Å²) >= 11 is 0. The number of hydrogen-bond acceptors (Lipinski definition) is 4. The summed E-state index contributed by atoms with van der Waals surface area (Å²) in [4.78, 5) is 25.7. The summed E-state index contributed by atoms with van der Waals surface area (Å²) in [6.45, 7) is 1.31. The van der Waals surface area contributed by atoms with E-state index in [0.717, 1.165) is 6.42 Å². The number of benzene rings is 1. The molecule has 5 heteroatoms. The third kappa shape index (κ3) is 3.57. The highest BCUT2D eigenvalue weighted by atomic mass is 16.5. The van der Waals surface area contributed by atoms with E-state index >= 15 is 0 Å². The lowest BCUT2D eigenvalue weighted by Crippen LogP contribution is -2.32. The average Bonchev–Trinajstić information content (AvgIpc) is 2.91. The van der Waals surface area contributed by atoms with Gasteiger partial charge in [-0.25, -0.2) is 0 Å². The molecule has 1 aliphatic heterocycles. The maximum absolute atomic E-state index is 12.0. The fourth-order valence-corrected chi connectivity index (χ4v) is 2.31. The predicted octanol–water partition coefficient (Wildman–Crippen LogP) is 1.22. The summed E-state index contributed by atoms with van der Waals surface area (Å²) in [7, 11) is 1.58. The van der Waals surface area contributed by atoms with Gasteiger partial charge in [-0.2, -0.15) is 0 Å². The Labute approximate surface area is 118 Å². The molecule has 0 aliphatic carbocycles. The molecular formula is C15H20N2O3. The second-order valence-electron chi connectivity index (χ2n) is 5.04. The van der Waals surface area contributed by atoms with Crippen LogP contribution in [0.5, 0.6) is 5.75 Å². The molecule has 1 amide bonds. The topological polar surface area (TPSA) is 72.6 Å². The van der Waals surface area contributed by atoms with Gasteiger partial charge in [-0.05, 0) is 30.7 Å². The lowest BCUT2D eigenvalue weighted by Gasteiger charge is -2.15. The van der Waals surface area contributed by atoms with Crippen molar-refractivity contribution in [3.63, 3.8) is 0 Å². The molecule has 0 bridgehead atoms. The van der Waals surface area contributed by atoms with Crippen molar-refractivity contribution in [3.8, 4) is 5.75 Å². The van der Waals surface area contributed by atoms with Crippen molar-refractivity contribution < 1.29 is 14.3 Å². The average molecular weight is 276 g/mol. The Balaban J connectivity index is 1.83. The van der Waals surface area contributed by atoms with Crippen molar-refractivity contribution in [2.24, 2.45) is 5.73 Å². The molecule has 0 aromatic heterocycles. The van der Waals surface area contributed by atoms with Crippen molar-refractivity contribution >= 4 is 11.7 Å². The number of carbonyl (C=O) groups excluding carboxylic acids is 2. The van der Waals surface area contributed by atoms with Gasteiger partial charge < -0.3 is 15.4 Å². The number of rotatable bonds is 5. The van der Waals surface area contributed by atoms with Gasteiger partial charge >= 0.3 is 0 Å². The fraction of sp³-hybridized carbons (Fsp3) is 0.467. The summed E-state index contributed by atoms with van der Waals surface area (Å²) in [5.41, 5.74) is 6.37. The number of Topliss-reactive ketones (excluding diaryl/α,β-unsaturated/α-hetero) is 1. The van der Waals surface area contributed by atoms with E-state index in [1.165, 1.54) is 0 Å². The van der Waals surface area contributed by atoms with Crippen LogP contribution in [0.3, 0.4) is 0 Å². The third-order valence-electron chi connectivity index (χ3n) is 3.56. The van der Waals surface area contributed by atoms with E-state index in [0.29, 0.717) is 24.4 Å². The third-order valence-corrected chi connectivity index (χ3v) is 3.56. The second-order valence-corrected chi connectivity index (χ2v) is 5.04. The van der Waals surface area contributed by atoms with Crippen molar-refractivity contribution in [1.82, 2.24) is 4.90 Å². The first-order valence-electron chi connectivity index (χ1n) is 6.80. The maximum Gasteiger partial charge on any atom is 0.223 e. The van der Waals surface area contributed by atoms with Crippen LogP contribution in [0.15, 0.2) is 24.3 Å². The Morgan fingerprint density at radius 3 is 2.55 bits per heavy atom. The zero-order chi connectivity index (χ0) is 14.5. The van der Waals surface area contributed by atoms with Gasteiger partial charge in [-0.15, -0.1) is 0 Å². The SMILES string of the molecule is COc1ccc(C(=O)CCC(=O)N2CC[C@@H](N)C2)cc1. The number of ketones is 1. The molecule has 5 nitrogen and oxygen atoms in total. The normalized spacial score (nSPS) is 18.1. The fourth-order valence-electron chi connectivity index (χ4n) is 2.31. The lowest BCUT2D eigenvalue weighted by atomic mass is 10.1. The molecule has 2 N–H and O–H groups in total. The minimum Gasteiger partial charge on any atom is -0.497 e. The minimum atomic E-state index is -0.0236. The quantitative estimate of drug-likeness (QED) is 0.821. The number of nitrogens with two attached hydrogens (primary N) is 1. The Kier molecular flexibility index (Phi) is 4.74. The highest BCUT2D eigenvalue weighted by molar-refractivity contribution is 5.98. The van der Waals surface area contributed by atoms with Gasteiger partial charge in [0.2, 0.25) is 5.91 Å². The predicted molar refractivity (Wildman–Crippen MR) is 75.7 cm³/mol. The Bertz CT molecular complexity index is 484. The van der Waals surface area contributed by atoms with E-state index in [-0.39, 0.29) is 30.6 Å². The van der Waals surface area contributed by atoms with Gasteiger partial charge in [0.15, 0.2) is 5.78 Å². The first-order valence-corrected chi connectivity index (χ1v) is 6.80. The van der Waals surface area contributed by atoms with E-state index in [1.54, 1.807) is 36.3 Å². The van der Waals surface area contributed by atoms with Crippen LogP contribution in [-0.2, 0) is 4.79 Å². The zero-order valence-electron chi connectivity index (χ0n) is 11.7. The van der Waals surface area contributed by atoms with Crippen molar-refractivity contribution in [3.05, 3.63) is 29.8 Å². The van der Waals surface area contributed by atoms with Crippen LogP contribution >= 0.6 is 0 Å². The molecule has 1 fully saturated rings. The van der Waals surface area contributed by atoms with Crippen LogP contribution in [0.2, 0.25) is 0 Å². The van der Waals surface area contributed by atoms with E-state index in [2.05, 4.69) is 0 Å². The molecule has 1 saturated heterocycles. The van der Waals surface area contributed by atoms with Gasteiger partial charge in [-0.1, -0.05) is 0 Å². The van der Waals surface area contributed by atoms with Gasteiger partial charge in [0.05, 0.1) is 7.11 Å². The summed E-state index contributed by atoms with van der Waals surface area (Å²) < 4.78 is 5.04. The molecule has 2 rings (SSSR count). The molecule has 1 aromatic carbocycles. The first kappa shape index (κ1) is 14.5. The monoisotopic (exact) mass is 276 g/mol. The van der Waals surface area contributed by atoms with Crippen LogP contribution in [-0.4, -0.2) is 42.8 Å². The molecular weight excluding hydrogens is 256 g/mol. The van der Waals surface area contributed by atoms with Gasteiger partial charge in [0.25, 0.3) is 0 Å². The highest BCUT2D eigenvalue weighted by Gasteiger charge is 2.23. The van der Waals surface area contributed by atoms with Gasteiger partial charge in [-0.3, -0.25) is 9.59 Å². The number of likely N-dealkylation sites (tertiary alicyclic amines) is 1. The van der Waals surface area contributed by atoms with E-state index in [1.807, 2.05) is 0 Å². The number of amides is 1. The highest BCUT2D eigenvalue weighted by Crippen LogP contribution is 2.15. The molecule has 20 heavy (non-hydrogen) atoms. The maximum atomic E-state index is 12.0. The summed E-state index contributed by atoms with van der Waals surface area (Å²) in [5.74, 6) is 0.702. The standard InChI is InChI=1S/C15H20N2O3/c1-20-13-4-2-11(3-5-13)14(18)6-7-15(19)17-9-8-12(16)10-17/h2-5,12H,6-10,16H2,1H3/t12-/m1/s1. The van der Waals surface area contributed by atoms with E-state index < -0.39 is 0 Å². The van der Waals surface area contributed by atoms with E-state index in [9.17, 15) is 9.59 Å². The Hall–Kier alpha value is -1.88. The lowest BCUT2D eigenvalue weighted by molar-refractivity contribution is -0.130. The van der Waals surface area contributed by atoms with Crippen molar-refractivity contribution in [1.29, 1.82) is 0 Å².